The van der Waals surface area contributed by atoms with E-state index in [0.29, 0.717) is 43.7 Å². The van der Waals surface area contributed by atoms with Crippen LogP contribution in [0.1, 0.15) is 22.5 Å². The highest BCUT2D eigenvalue weighted by atomic mass is 19.4. The van der Waals surface area contributed by atoms with E-state index in [1.807, 2.05) is 4.90 Å². The summed E-state index contributed by atoms with van der Waals surface area (Å²) in [6.07, 6.45) is -2.66. The van der Waals surface area contributed by atoms with E-state index in [0.717, 1.165) is 23.2 Å². The minimum Gasteiger partial charge on any atom is -0.355 e. The molecule has 0 saturated carbocycles. The molecular weight excluding hydrogens is 449 g/mol. The molecule has 1 amide bonds. The van der Waals surface area contributed by atoms with Gasteiger partial charge >= 0.3 is 6.18 Å². The Labute approximate surface area is 184 Å². The largest absolute Gasteiger partial charge is 0.417 e. The molecule has 3 aromatic rings. The van der Waals surface area contributed by atoms with E-state index in [2.05, 4.69) is 20.1 Å². The number of pyridine rings is 1. The van der Waals surface area contributed by atoms with Crippen LogP contribution in [0.2, 0.25) is 0 Å². The smallest absolute Gasteiger partial charge is 0.355 e. The average molecular weight is 467 g/mol. The first-order chi connectivity index (χ1) is 15.6. The Kier molecular flexibility index (Phi) is 4.94. The van der Waals surface area contributed by atoms with Gasteiger partial charge in [0, 0.05) is 37.8 Å². The molecule has 0 bridgehead atoms. The summed E-state index contributed by atoms with van der Waals surface area (Å²) < 4.78 is 64.7. The first-order valence-electron chi connectivity index (χ1n) is 10.2. The normalized spacial score (nSPS) is 17.9. The topological polar surface area (TPSA) is 80.0 Å². The van der Waals surface area contributed by atoms with Crippen LogP contribution in [0.5, 0.6) is 0 Å². The Bertz CT molecular complexity index is 1190. The van der Waals surface area contributed by atoms with Crippen molar-refractivity contribution >= 4 is 22.9 Å². The van der Waals surface area contributed by atoms with Crippen LogP contribution in [0.4, 0.5) is 27.8 Å². The third kappa shape index (κ3) is 3.95. The Balaban J connectivity index is 1.24. The van der Waals surface area contributed by atoms with E-state index in [4.69, 9.17) is 0 Å². The lowest BCUT2D eigenvalue weighted by atomic mass is 9.79. The number of carbonyl (C=O) groups excluding carboxylic acids is 1. The van der Waals surface area contributed by atoms with Gasteiger partial charge in [0.15, 0.2) is 5.65 Å². The summed E-state index contributed by atoms with van der Waals surface area (Å²) in [5.41, 5.74) is -0.387. The van der Waals surface area contributed by atoms with E-state index < -0.39 is 30.6 Å². The number of amides is 1. The van der Waals surface area contributed by atoms with Gasteiger partial charge in [-0.15, -0.1) is 0 Å². The highest BCUT2D eigenvalue weighted by Crippen LogP contribution is 2.41. The maximum Gasteiger partial charge on any atom is 0.417 e. The van der Waals surface area contributed by atoms with Crippen molar-refractivity contribution in [3.63, 3.8) is 0 Å². The molecule has 2 fully saturated rings. The van der Waals surface area contributed by atoms with Crippen molar-refractivity contribution in [2.24, 2.45) is 5.41 Å². The van der Waals surface area contributed by atoms with Gasteiger partial charge < -0.3 is 9.80 Å². The summed E-state index contributed by atoms with van der Waals surface area (Å²) in [5, 5.41) is 3.92. The molecule has 0 unspecified atom stereocenters. The van der Waals surface area contributed by atoms with E-state index in [1.165, 1.54) is 6.20 Å². The predicted molar refractivity (Wildman–Crippen MR) is 106 cm³/mol. The lowest BCUT2D eigenvalue weighted by Gasteiger charge is -2.47. The first kappa shape index (κ1) is 21.5. The molecule has 0 N–H and O–H groups in total. The lowest BCUT2D eigenvalue weighted by Crippen LogP contribution is -2.59. The number of carbonyl (C=O) groups is 1. The number of fused-ring (bicyclic) bond motifs is 1. The van der Waals surface area contributed by atoms with Crippen LogP contribution in [-0.2, 0) is 12.7 Å². The van der Waals surface area contributed by atoms with Crippen molar-refractivity contribution in [3.05, 3.63) is 42.0 Å². The SMILES string of the molecule is O=C(c1ccc(C(F)(F)F)cn1)N1CC2(CCN(c3cnc4cnn(CC(F)F)c4n3)C2)C1. The molecule has 3 aromatic heterocycles. The fourth-order valence-electron chi connectivity index (χ4n) is 4.40. The Morgan fingerprint density at radius 1 is 1.09 bits per heavy atom. The summed E-state index contributed by atoms with van der Waals surface area (Å²) in [5.74, 6) is 0.134. The third-order valence-electron chi connectivity index (χ3n) is 6.06. The van der Waals surface area contributed by atoms with Crippen molar-refractivity contribution in [2.75, 3.05) is 31.1 Å². The zero-order chi connectivity index (χ0) is 23.4. The summed E-state index contributed by atoms with van der Waals surface area (Å²) in [4.78, 5) is 28.6. The molecule has 0 aromatic carbocycles. The zero-order valence-corrected chi connectivity index (χ0v) is 17.1. The Morgan fingerprint density at radius 3 is 2.55 bits per heavy atom. The van der Waals surface area contributed by atoms with E-state index in [9.17, 15) is 26.7 Å². The van der Waals surface area contributed by atoms with Crippen molar-refractivity contribution in [2.45, 2.75) is 25.6 Å². The molecule has 0 radical (unpaired) electrons. The Morgan fingerprint density at radius 2 is 1.88 bits per heavy atom. The summed E-state index contributed by atoms with van der Waals surface area (Å²) in [7, 11) is 0. The second-order valence-electron chi connectivity index (χ2n) is 8.42. The average Bonchev–Trinajstić information content (AvgIpc) is 3.36. The van der Waals surface area contributed by atoms with Gasteiger partial charge in [-0.1, -0.05) is 0 Å². The van der Waals surface area contributed by atoms with Crippen molar-refractivity contribution in [1.82, 2.24) is 29.6 Å². The summed E-state index contributed by atoms with van der Waals surface area (Å²) >= 11 is 0. The van der Waals surface area contributed by atoms with E-state index in [1.54, 1.807) is 11.1 Å². The van der Waals surface area contributed by atoms with Gasteiger partial charge in [-0.05, 0) is 18.6 Å². The fraction of sp³-hybridized carbons (Fsp3) is 0.450. The van der Waals surface area contributed by atoms with Gasteiger partial charge in [0.05, 0.1) is 18.0 Å². The molecule has 8 nitrogen and oxygen atoms in total. The number of hydrogen-bond donors (Lipinski definition) is 0. The number of rotatable bonds is 4. The van der Waals surface area contributed by atoms with Crippen LogP contribution < -0.4 is 4.90 Å². The molecule has 174 valence electrons. The molecule has 2 saturated heterocycles. The minimum atomic E-state index is -4.51. The minimum absolute atomic E-state index is 0.0312. The summed E-state index contributed by atoms with van der Waals surface area (Å²) in [6, 6.07) is 1.94. The van der Waals surface area contributed by atoms with Gasteiger partial charge in [0.1, 0.15) is 23.6 Å². The number of hydrogen-bond acceptors (Lipinski definition) is 6. The van der Waals surface area contributed by atoms with Gasteiger partial charge in [-0.25, -0.2) is 23.4 Å². The van der Waals surface area contributed by atoms with Crippen LogP contribution in [0, 0.1) is 5.41 Å². The Hall–Kier alpha value is -3.38. The molecule has 0 atom stereocenters. The van der Waals surface area contributed by atoms with Crippen LogP contribution in [0.3, 0.4) is 0 Å². The quantitative estimate of drug-likeness (QED) is 0.549. The maximum atomic E-state index is 12.8. The predicted octanol–water partition coefficient (Wildman–Crippen LogP) is 2.86. The highest BCUT2D eigenvalue weighted by molar-refractivity contribution is 5.93. The van der Waals surface area contributed by atoms with Crippen molar-refractivity contribution in [3.8, 4) is 0 Å². The zero-order valence-electron chi connectivity index (χ0n) is 17.1. The number of likely N-dealkylation sites (tertiary alicyclic amines) is 1. The molecule has 2 aliphatic heterocycles. The third-order valence-corrected chi connectivity index (χ3v) is 6.06. The van der Waals surface area contributed by atoms with Crippen LogP contribution >= 0.6 is 0 Å². The van der Waals surface area contributed by atoms with Gasteiger partial charge in [0.2, 0.25) is 0 Å². The van der Waals surface area contributed by atoms with E-state index >= 15 is 0 Å². The number of alkyl halides is 5. The number of aromatic nitrogens is 5. The lowest BCUT2D eigenvalue weighted by molar-refractivity contribution is -0.137. The van der Waals surface area contributed by atoms with Crippen LogP contribution in [0.25, 0.3) is 11.2 Å². The first-order valence-corrected chi connectivity index (χ1v) is 10.2. The second kappa shape index (κ2) is 7.59. The molecule has 0 aliphatic carbocycles. The molecule has 2 aliphatic rings. The van der Waals surface area contributed by atoms with Gasteiger partial charge in [-0.3, -0.25) is 9.78 Å². The van der Waals surface area contributed by atoms with Gasteiger partial charge in [-0.2, -0.15) is 18.3 Å². The summed E-state index contributed by atoms with van der Waals surface area (Å²) in [6.45, 7) is 1.58. The van der Waals surface area contributed by atoms with E-state index in [-0.39, 0.29) is 16.8 Å². The molecule has 1 spiro atoms. The molecule has 5 rings (SSSR count). The molecule has 5 heterocycles. The fourth-order valence-corrected chi connectivity index (χ4v) is 4.40. The monoisotopic (exact) mass is 467 g/mol. The van der Waals surface area contributed by atoms with Crippen molar-refractivity contribution in [1.29, 1.82) is 0 Å². The van der Waals surface area contributed by atoms with Crippen molar-refractivity contribution < 1.29 is 26.7 Å². The maximum absolute atomic E-state index is 12.8. The highest BCUT2D eigenvalue weighted by Gasteiger charge is 2.50. The number of halogens is 5. The van der Waals surface area contributed by atoms with Crippen LogP contribution in [-0.4, -0.2) is 68.1 Å². The number of anilines is 1. The van der Waals surface area contributed by atoms with Crippen LogP contribution in [0.15, 0.2) is 30.7 Å². The second-order valence-corrected chi connectivity index (χ2v) is 8.42. The molecule has 13 heteroatoms. The molecule has 33 heavy (non-hydrogen) atoms. The molecular formula is C20H18F5N7O. The number of nitrogens with zero attached hydrogens (tertiary/aromatic N) is 7. The standard InChI is InChI=1S/C20H18F5N7O/c21-15(22)8-32-17-14(6-28-32)27-7-16(29-17)30-4-3-19(9-30)10-31(11-19)18(33)13-2-1-12(5-26-13)20(23,24)25/h1-2,5-7,15H,3-4,8-11H2. The van der Waals surface area contributed by atoms with Gasteiger partial charge in [0.25, 0.3) is 12.3 Å².